The zero-order valence-electron chi connectivity index (χ0n) is 12.6. The van der Waals surface area contributed by atoms with Gasteiger partial charge >= 0.3 is 0 Å². The molecule has 4 rings (SSSR count). The fraction of sp³-hybridized carbons (Fsp3) is 0.643. The lowest BCUT2D eigenvalue weighted by atomic mass is 10.2. The van der Waals surface area contributed by atoms with Gasteiger partial charge in [-0.1, -0.05) is 0 Å². The highest BCUT2D eigenvalue weighted by atomic mass is 32.2. The number of aliphatic hydroxyl groups is 2. The molecule has 8 nitrogen and oxygen atoms in total. The lowest BCUT2D eigenvalue weighted by Gasteiger charge is -2.12. The van der Waals surface area contributed by atoms with Crippen LogP contribution in [-0.4, -0.2) is 54.2 Å². The van der Waals surface area contributed by atoms with Crippen molar-refractivity contribution in [3.63, 3.8) is 0 Å². The van der Waals surface area contributed by atoms with Gasteiger partial charge < -0.3 is 25.8 Å². The molecule has 2 aromatic rings. The van der Waals surface area contributed by atoms with E-state index < -0.39 is 6.10 Å². The summed E-state index contributed by atoms with van der Waals surface area (Å²) in [6, 6.07) is 0. The van der Waals surface area contributed by atoms with E-state index in [4.69, 9.17) is 5.73 Å². The first-order valence-electron chi connectivity index (χ1n) is 7.84. The van der Waals surface area contributed by atoms with Gasteiger partial charge in [-0.05, 0) is 18.8 Å². The molecule has 23 heavy (non-hydrogen) atoms. The predicted octanol–water partition coefficient (Wildman–Crippen LogP) is 0.588. The maximum absolute atomic E-state index is 10.0. The van der Waals surface area contributed by atoms with E-state index in [-0.39, 0.29) is 23.2 Å². The van der Waals surface area contributed by atoms with Gasteiger partial charge in [0.1, 0.15) is 0 Å². The molecule has 1 aliphatic heterocycles. The maximum Gasteiger partial charge on any atom is 0.224 e. The average Bonchev–Trinajstić information content (AvgIpc) is 3.15. The molecule has 1 saturated carbocycles. The van der Waals surface area contributed by atoms with Crippen molar-refractivity contribution in [3.8, 4) is 0 Å². The van der Waals surface area contributed by atoms with Crippen molar-refractivity contribution in [3.05, 3.63) is 6.33 Å². The van der Waals surface area contributed by atoms with Gasteiger partial charge in [0.15, 0.2) is 17.0 Å². The summed E-state index contributed by atoms with van der Waals surface area (Å²) in [6.07, 6.45) is 4.25. The van der Waals surface area contributed by atoms with E-state index in [1.807, 2.05) is 4.57 Å². The molecule has 5 N–H and O–H groups in total. The van der Waals surface area contributed by atoms with E-state index in [0.29, 0.717) is 29.3 Å². The fourth-order valence-electron chi connectivity index (χ4n) is 2.88. The summed E-state index contributed by atoms with van der Waals surface area (Å²) in [5, 5.41) is 22.5. The molecule has 0 amide bonds. The summed E-state index contributed by atoms with van der Waals surface area (Å²) in [4.78, 5) is 13.0. The summed E-state index contributed by atoms with van der Waals surface area (Å²) < 4.78 is 1.92. The highest BCUT2D eigenvalue weighted by Gasteiger charge is 2.35. The summed E-state index contributed by atoms with van der Waals surface area (Å²) in [5.74, 6) is 1.59. The van der Waals surface area contributed by atoms with Crippen LogP contribution in [0.4, 0.5) is 11.8 Å². The van der Waals surface area contributed by atoms with Crippen LogP contribution in [0.25, 0.3) is 11.2 Å². The van der Waals surface area contributed by atoms with Gasteiger partial charge in [0.2, 0.25) is 5.95 Å². The Labute approximate surface area is 137 Å². The third-order valence-electron chi connectivity index (χ3n) is 4.39. The summed E-state index contributed by atoms with van der Waals surface area (Å²) >= 11 is 1.53. The van der Waals surface area contributed by atoms with E-state index >= 15 is 0 Å². The molecule has 9 heteroatoms. The lowest BCUT2D eigenvalue weighted by molar-refractivity contribution is 0.138. The van der Waals surface area contributed by atoms with Crippen molar-refractivity contribution in [1.82, 2.24) is 19.5 Å². The molecule has 0 aromatic carbocycles. The monoisotopic (exact) mass is 336 g/mol. The fourth-order valence-corrected chi connectivity index (χ4v) is 4.26. The molecule has 2 aromatic heterocycles. The standard InChI is InChI=1S/C14H20N6O2S/c15-14-18-12(16-4-7-1-2-7)11-13(19-14)20(6-17-11)10-3-8(22)9(5-21)23-10/h6-10,21-22H,1-5H2,(H3,15,16,18,19)/t8-,9+,10+/m0/s1. The molecule has 0 spiro atoms. The number of fused-ring (bicyclic) bond motifs is 1. The van der Waals surface area contributed by atoms with Gasteiger partial charge in [-0.25, -0.2) is 4.98 Å². The van der Waals surface area contributed by atoms with E-state index in [0.717, 1.165) is 6.54 Å². The van der Waals surface area contributed by atoms with Gasteiger partial charge in [-0.2, -0.15) is 9.97 Å². The van der Waals surface area contributed by atoms with E-state index in [1.165, 1.54) is 24.6 Å². The average molecular weight is 336 g/mol. The van der Waals surface area contributed by atoms with Crippen LogP contribution < -0.4 is 11.1 Å². The molecule has 2 fully saturated rings. The molecule has 124 valence electrons. The Kier molecular flexibility index (Phi) is 3.78. The number of aromatic nitrogens is 4. The summed E-state index contributed by atoms with van der Waals surface area (Å²) in [6.45, 7) is 0.835. The quantitative estimate of drug-likeness (QED) is 0.626. The molecule has 0 bridgehead atoms. The van der Waals surface area contributed by atoms with Crippen molar-refractivity contribution in [2.45, 2.75) is 36.0 Å². The first-order chi connectivity index (χ1) is 11.2. The van der Waals surface area contributed by atoms with Crippen LogP contribution in [0.15, 0.2) is 6.33 Å². The van der Waals surface area contributed by atoms with Gasteiger partial charge in [0.05, 0.1) is 29.7 Å². The van der Waals surface area contributed by atoms with Crippen LogP contribution in [0.2, 0.25) is 0 Å². The summed E-state index contributed by atoms with van der Waals surface area (Å²) in [5.41, 5.74) is 7.22. The first-order valence-corrected chi connectivity index (χ1v) is 8.78. The van der Waals surface area contributed by atoms with Gasteiger partial charge in [0.25, 0.3) is 0 Å². The second-order valence-electron chi connectivity index (χ2n) is 6.19. The second kappa shape index (κ2) is 5.81. The third-order valence-corrected chi connectivity index (χ3v) is 5.93. The molecular formula is C14H20N6O2S. The smallest absolute Gasteiger partial charge is 0.224 e. The number of nitrogens with zero attached hydrogens (tertiary/aromatic N) is 4. The molecule has 3 heterocycles. The van der Waals surface area contributed by atoms with Crippen LogP contribution in [0, 0.1) is 5.92 Å². The number of thioether (sulfide) groups is 1. The predicted molar refractivity (Wildman–Crippen MR) is 89.1 cm³/mol. The second-order valence-corrected chi connectivity index (χ2v) is 7.62. The lowest BCUT2D eigenvalue weighted by Crippen LogP contribution is -2.20. The number of rotatable bonds is 5. The number of nitrogens with one attached hydrogen (secondary N) is 1. The highest BCUT2D eigenvalue weighted by molar-refractivity contribution is 8.00. The molecular weight excluding hydrogens is 316 g/mol. The van der Waals surface area contributed by atoms with Crippen LogP contribution in [0.3, 0.4) is 0 Å². The number of hydrogen-bond acceptors (Lipinski definition) is 8. The minimum atomic E-state index is -0.529. The number of imidazole rings is 1. The normalized spacial score (nSPS) is 27.7. The molecule has 0 radical (unpaired) electrons. The van der Waals surface area contributed by atoms with Crippen LogP contribution in [-0.2, 0) is 0 Å². The Morgan fingerprint density at radius 3 is 2.91 bits per heavy atom. The summed E-state index contributed by atoms with van der Waals surface area (Å²) in [7, 11) is 0. The number of anilines is 2. The minimum Gasteiger partial charge on any atom is -0.395 e. The van der Waals surface area contributed by atoms with Crippen LogP contribution in [0.1, 0.15) is 24.6 Å². The Hall–Kier alpha value is -1.58. The number of aliphatic hydroxyl groups excluding tert-OH is 2. The van der Waals surface area contributed by atoms with E-state index in [1.54, 1.807) is 6.33 Å². The Morgan fingerprint density at radius 2 is 2.22 bits per heavy atom. The van der Waals surface area contributed by atoms with Gasteiger partial charge in [-0.15, -0.1) is 11.8 Å². The minimum absolute atomic E-state index is 0.0160. The first kappa shape index (κ1) is 15.0. The molecule has 1 aliphatic carbocycles. The largest absolute Gasteiger partial charge is 0.395 e. The molecule has 1 saturated heterocycles. The van der Waals surface area contributed by atoms with Crippen molar-refractivity contribution >= 4 is 34.7 Å². The van der Waals surface area contributed by atoms with E-state index in [9.17, 15) is 10.2 Å². The van der Waals surface area contributed by atoms with Crippen molar-refractivity contribution in [2.24, 2.45) is 5.92 Å². The topological polar surface area (TPSA) is 122 Å². The zero-order valence-corrected chi connectivity index (χ0v) is 13.4. The zero-order chi connectivity index (χ0) is 16.0. The van der Waals surface area contributed by atoms with Crippen molar-refractivity contribution < 1.29 is 10.2 Å². The number of hydrogen-bond donors (Lipinski definition) is 4. The molecule has 0 unspecified atom stereocenters. The van der Waals surface area contributed by atoms with Gasteiger partial charge in [0, 0.05) is 13.0 Å². The maximum atomic E-state index is 10.0. The Balaban J connectivity index is 1.65. The van der Waals surface area contributed by atoms with Crippen molar-refractivity contribution in [2.75, 3.05) is 24.2 Å². The Morgan fingerprint density at radius 1 is 1.39 bits per heavy atom. The number of nitrogen functional groups attached to an aromatic ring is 1. The SMILES string of the molecule is Nc1nc(NCC2CC2)c2ncn([C@H]3C[C@H](O)[C@@H](CO)S3)c2n1. The molecule has 2 aliphatic rings. The third kappa shape index (κ3) is 2.84. The highest BCUT2D eigenvalue weighted by Crippen LogP contribution is 2.42. The van der Waals surface area contributed by atoms with Crippen molar-refractivity contribution in [1.29, 1.82) is 0 Å². The number of nitrogens with two attached hydrogens (primary N) is 1. The van der Waals surface area contributed by atoms with Crippen LogP contribution >= 0.6 is 11.8 Å². The Bertz CT molecular complexity index is 719. The van der Waals surface area contributed by atoms with Crippen LogP contribution in [0.5, 0.6) is 0 Å². The van der Waals surface area contributed by atoms with Gasteiger partial charge in [-0.3, -0.25) is 0 Å². The molecule has 3 atom stereocenters. The van der Waals surface area contributed by atoms with E-state index in [2.05, 4.69) is 20.3 Å².